The van der Waals surface area contributed by atoms with Gasteiger partial charge >= 0.3 is 0 Å². The molecule has 144 valence electrons. The molecule has 3 rings (SSSR count). The van der Waals surface area contributed by atoms with Gasteiger partial charge in [-0.1, -0.05) is 24.3 Å². The van der Waals surface area contributed by atoms with Gasteiger partial charge in [-0.2, -0.15) is 0 Å². The van der Waals surface area contributed by atoms with E-state index < -0.39 is 0 Å². The van der Waals surface area contributed by atoms with Crippen molar-refractivity contribution in [1.82, 2.24) is 25.2 Å². The van der Waals surface area contributed by atoms with Crippen LogP contribution in [0.4, 0.5) is 0 Å². The van der Waals surface area contributed by atoms with E-state index in [-0.39, 0.29) is 24.0 Å². The molecule has 1 aromatic carbocycles. The van der Waals surface area contributed by atoms with Crippen LogP contribution in [0.5, 0.6) is 0 Å². The third-order valence-corrected chi connectivity index (χ3v) is 4.08. The third-order valence-electron chi connectivity index (χ3n) is 4.08. The van der Waals surface area contributed by atoms with Crippen LogP contribution >= 0.6 is 24.0 Å². The van der Waals surface area contributed by atoms with E-state index in [2.05, 4.69) is 49.9 Å². The highest BCUT2D eigenvalue weighted by atomic mass is 127. The van der Waals surface area contributed by atoms with Crippen LogP contribution in [-0.4, -0.2) is 27.5 Å². The summed E-state index contributed by atoms with van der Waals surface area (Å²) in [4.78, 5) is 12.7. The van der Waals surface area contributed by atoms with Gasteiger partial charge in [-0.05, 0) is 25.0 Å². The summed E-state index contributed by atoms with van der Waals surface area (Å²) >= 11 is 0. The summed E-state index contributed by atoms with van der Waals surface area (Å²) in [6.07, 6.45) is 5.57. The van der Waals surface area contributed by atoms with Crippen molar-refractivity contribution >= 4 is 29.9 Å². The molecular weight excluding hydrogens is 455 g/mol. The predicted molar refractivity (Wildman–Crippen MR) is 116 cm³/mol. The van der Waals surface area contributed by atoms with Crippen molar-refractivity contribution < 1.29 is 4.42 Å². The summed E-state index contributed by atoms with van der Waals surface area (Å²) in [7, 11) is 1.75. The number of benzene rings is 1. The van der Waals surface area contributed by atoms with Gasteiger partial charge in [-0.25, -0.2) is 9.97 Å². The summed E-state index contributed by atoms with van der Waals surface area (Å²) in [6, 6.07) is 8.46. The summed E-state index contributed by atoms with van der Waals surface area (Å²) in [6.45, 7) is 5.83. The highest BCUT2D eigenvalue weighted by molar-refractivity contribution is 14.0. The molecule has 0 unspecified atom stereocenters. The Morgan fingerprint density at radius 2 is 1.96 bits per heavy atom. The van der Waals surface area contributed by atoms with E-state index in [0.29, 0.717) is 24.9 Å². The van der Waals surface area contributed by atoms with Crippen LogP contribution in [0.25, 0.3) is 0 Å². The first-order valence-electron chi connectivity index (χ1n) is 8.55. The third kappa shape index (κ3) is 6.09. The number of hydrogen-bond acceptors (Lipinski definition) is 4. The first-order chi connectivity index (χ1) is 12.6. The fraction of sp³-hybridized carbons (Fsp3) is 0.316. The molecule has 2 N–H and O–H groups in total. The van der Waals surface area contributed by atoms with E-state index in [1.807, 2.05) is 30.9 Å². The van der Waals surface area contributed by atoms with E-state index in [1.165, 1.54) is 11.1 Å². The molecule has 0 radical (unpaired) electrons. The minimum Gasteiger partial charge on any atom is -0.444 e. The first-order valence-corrected chi connectivity index (χ1v) is 8.55. The molecular formula is C19H25IN6O. The maximum absolute atomic E-state index is 5.57. The van der Waals surface area contributed by atoms with Gasteiger partial charge in [0.1, 0.15) is 5.76 Å². The van der Waals surface area contributed by atoms with Gasteiger partial charge in [-0.3, -0.25) is 4.99 Å². The zero-order valence-electron chi connectivity index (χ0n) is 15.8. The van der Waals surface area contributed by atoms with Crippen molar-refractivity contribution in [2.75, 3.05) is 7.05 Å². The van der Waals surface area contributed by atoms with E-state index in [4.69, 9.17) is 4.42 Å². The lowest BCUT2D eigenvalue weighted by atomic mass is 10.1. The highest BCUT2D eigenvalue weighted by Crippen LogP contribution is 2.08. The molecule has 2 heterocycles. The number of halogens is 1. The van der Waals surface area contributed by atoms with Crippen molar-refractivity contribution in [1.29, 1.82) is 0 Å². The smallest absolute Gasteiger partial charge is 0.214 e. The molecule has 0 amide bonds. The molecule has 0 aliphatic rings. The molecule has 0 saturated heterocycles. The van der Waals surface area contributed by atoms with Crippen molar-refractivity contribution in [3.05, 3.63) is 71.5 Å². The molecule has 8 heteroatoms. The van der Waals surface area contributed by atoms with E-state index >= 15 is 0 Å². The topological polar surface area (TPSA) is 80.3 Å². The van der Waals surface area contributed by atoms with Gasteiger partial charge in [0.25, 0.3) is 0 Å². The molecule has 2 aromatic heterocycles. The summed E-state index contributed by atoms with van der Waals surface area (Å²) in [5, 5.41) is 6.53. The molecule has 3 aromatic rings. The average molecular weight is 480 g/mol. The number of nitrogens with one attached hydrogen (secondary N) is 2. The maximum atomic E-state index is 5.57. The zero-order valence-corrected chi connectivity index (χ0v) is 18.1. The Labute approximate surface area is 176 Å². The second-order valence-electron chi connectivity index (χ2n) is 6.08. The molecule has 27 heavy (non-hydrogen) atoms. The number of aliphatic imine (C=N–C) groups is 1. The second kappa shape index (κ2) is 10.1. The second-order valence-corrected chi connectivity index (χ2v) is 6.08. The molecule has 0 aliphatic heterocycles. The molecule has 0 atom stereocenters. The SMILES string of the molecule is CN=C(NCc1cccc(Cn2ccnc2)c1)NCc1nc(C)c(C)o1.I. The first kappa shape index (κ1) is 20.9. The van der Waals surface area contributed by atoms with Gasteiger partial charge in [-0.15, -0.1) is 24.0 Å². The van der Waals surface area contributed by atoms with Crippen LogP contribution in [0.3, 0.4) is 0 Å². The van der Waals surface area contributed by atoms with Gasteiger partial charge in [0.15, 0.2) is 5.96 Å². The van der Waals surface area contributed by atoms with E-state index in [9.17, 15) is 0 Å². The number of imidazole rings is 1. The Balaban J connectivity index is 0.00000261. The van der Waals surface area contributed by atoms with Crippen LogP contribution < -0.4 is 10.6 Å². The Morgan fingerprint density at radius 1 is 1.19 bits per heavy atom. The van der Waals surface area contributed by atoms with Crippen LogP contribution in [0.1, 0.15) is 28.5 Å². The average Bonchev–Trinajstić information content (AvgIpc) is 3.25. The number of oxazole rings is 1. The van der Waals surface area contributed by atoms with Crippen molar-refractivity contribution in [2.24, 2.45) is 4.99 Å². The molecule has 0 spiro atoms. The lowest BCUT2D eigenvalue weighted by Crippen LogP contribution is -2.36. The fourth-order valence-corrected chi connectivity index (χ4v) is 2.61. The lowest BCUT2D eigenvalue weighted by molar-refractivity contribution is 0.463. The lowest BCUT2D eigenvalue weighted by Gasteiger charge is -2.11. The summed E-state index contributed by atoms with van der Waals surface area (Å²) < 4.78 is 7.62. The molecule has 0 fully saturated rings. The van der Waals surface area contributed by atoms with Gasteiger partial charge < -0.3 is 19.6 Å². The Bertz CT molecular complexity index is 853. The van der Waals surface area contributed by atoms with Crippen LogP contribution in [0.15, 0.2) is 52.4 Å². The van der Waals surface area contributed by atoms with Crippen molar-refractivity contribution in [3.63, 3.8) is 0 Å². The van der Waals surface area contributed by atoms with Crippen LogP contribution in [0.2, 0.25) is 0 Å². The largest absolute Gasteiger partial charge is 0.444 e. The maximum Gasteiger partial charge on any atom is 0.214 e. The Hall–Kier alpha value is -2.36. The zero-order chi connectivity index (χ0) is 18.4. The van der Waals surface area contributed by atoms with Crippen LogP contribution in [0, 0.1) is 13.8 Å². The predicted octanol–water partition coefficient (Wildman–Crippen LogP) is 3.02. The molecule has 7 nitrogen and oxygen atoms in total. The standard InChI is InChI=1S/C19H24N6O.HI/c1-14-15(2)26-18(24-14)11-23-19(20-3)22-10-16-5-4-6-17(9-16)12-25-8-7-21-13-25;/h4-9,13H,10-12H2,1-3H3,(H2,20,22,23);1H. The van der Waals surface area contributed by atoms with Crippen LogP contribution in [-0.2, 0) is 19.6 Å². The quantitative estimate of drug-likeness (QED) is 0.322. The number of aryl methyl sites for hydroxylation is 2. The summed E-state index contributed by atoms with van der Waals surface area (Å²) in [5.41, 5.74) is 3.34. The van der Waals surface area contributed by atoms with Gasteiger partial charge in [0.2, 0.25) is 5.89 Å². The molecule has 0 saturated carbocycles. The minimum absolute atomic E-state index is 0. The monoisotopic (exact) mass is 480 g/mol. The number of nitrogens with zero attached hydrogens (tertiary/aromatic N) is 4. The number of guanidine groups is 1. The van der Waals surface area contributed by atoms with E-state index in [0.717, 1.165) is 18.0 Å². The fourth-order valence-electron chi connectivity index (χ4n) is 2.61. The number of hydrogen-bond donors (Lipinski definition) is 2. The summed E-state index contributed by atoms with van der Waals surface area (Å²) in [5.74, 6) is 2.21. The van der Waals surface area contributed by atoms with Crippen molar-refractivity contribution in [3.8, 4) is 0 Å². The van der Waals surface area contributed by atoms with E-state index in [1.54, 1.807) is 13.2 Å². The van der Waals surface area contributed by atoms with Gasteiger partial charge in [0.05, 0.1) is 18.6 Å². The minimum atomic E-state index is 0. The Morgan fingerprint density at radius 3 is 2.63 bits per heavy atom. The Kier molecular flexibility index (Phi) is 7.83. The number of aromatic nitrogens is 3. The normalized spacial score (nSPS) is 11.1. The molecule has 0 bridgehead atoms. The number of rotatable bonds is 6. The molecule has 0 aliphatic carbocycles. The highest BCUT2D eigenvalue weighted by Gasteiger charge is 2.06. The van der Waals surface area contributed by atoms with Crippen molar-refractivity contribution in [2.45, 2.75) is 33.5 Å². The van der Waals surface area contributed by atoms with Gasteiger partial charge in [0, 0.05) is 32.5 Å².